The molecule has 7 heteroatoms. The number of hydrogen-bond acceptors (Lipinski definition) is 5. The monoisotopic (exact) mass is 356 g/mol. The lowest BCUT2D eigenvalue weighted by molar-refractivity contribution is -0.119. The molecule has 1 aliphatic heterocycles. The van der Waals surface area contributed by atoms with E-state index in [2.05, 4.69) is 5.32 Å². The molecule has 26 heavy (non-hydrogen) atoms. The van der Waals surface area contributed by atoms with Crippen LogP contribution in [0.1, 0.15) is 34.7 Å². The molecule has 1 saturated heterocycles. The average Bonchev–Trinajstić information content (AvgIpc) is 3.18. The minimum absolute atomic E-state index is 0.110. The molecule has 0 atom stereocenters. The Balaban J connectivity index is 1.52. The van der Waals surface area contributed by atoms with Crippen molar-refractivity contribution >= 4 is 29.2 Å². The molecule has 1 aliphatic rings. The van der Waals surface area contributed by atoms with Crippen LogP contribution >= 0.6 is 0 Å². The van der Waals surface area contributed by atoms with Gasteiger partial charge in [-0.2, -0.15) is 0 Å². The van der Waals surface area contributed by atoms with Crippen LogP contribution in [0.2, 0.25) is 0 Å². The van der Waals surface area contributed by atoms with Crippen LogP contribution in [0.5, 0.6) is 0 Å². The molecule has 2 amide bonds. The average molecular weight is 356 g/mol. The molecule has 0 spiro atoms. The second kappa shape index (κ2) is 7.43. The first kappa shape index (κ1) is 17.7. The highest BCUT2D eigenvalue weighted by molar-refractivity contribution is 5.97. The van der Waals surface area contributed by atoms with E-state index in [-0.39, 0.29) is 5.91 Å². The van der Waals surface area contributed by atoms with Crippen LogP contribution in [0.15, 0.2) is 34.7 Å². The largest absolute Gasteiger partial charge is 0.466 e. The number of amides is 2. The lowest BCUT2D eigenvalue weighted by Gasteiger charge is -2.16. The lowest BCUT2D eigenvalue weighted by Crippen LogP contribution is -2.23. The number of benzene rings is 1. The Kier molecular flexibility index (Phi) is 5.06. The summed E-state index contributed by atoms with van der Waals surface area (Å²) in [4.78, 5) is 37.4. The summed E-state index contributed by atoms with van der Waals surface area (Å²) < 4.78 is 10.3. The predicted octanol–water partition coefficient (Wildman–Crippen LogP) is 2.82. The van der Waals surface area contributed by atoms with Crippen LogP contribution in [0.25, 0.3) is 0 Å². The van der Waals surface area contributed by atoms with E-state index < -0.39 is 18.5 Å². The predicted molar refractivity (Wildman–Crippen MR) is 95.1 cm³/mol. The van der Waals surface area contributed by atoms with E-state index in [0.29, 0.717) is 35.7 Å². The van der Waals surface area contributed by atoms with Crippen molar-refractivity contribution in [3.05, 3.63) is 47.4 Å². The second-order valence-electron chi connectivity index (χ2n) is 6.15. The molecular weight excluding hydrogens is 336 g/mol. The Morgan fingerprint density at radius 1 is 1.23 bits per heavy atom. The quantitative estimate of drug-likeness (QED) is 0.832. The van der Waals surface area contributed by atoms with Crippen molar-refractivity contribution in [2.24, 2.45) is 0 Å². The summed E-state index contributed by atoms with van der Waals surface area (Å²) in [6.07, 6.45) is 1.43. The van der Waals surface area contributed by atoms with Gasteiger partial charge < -0.3 is 19.4 Å². The number of esters is 1. The van der Waals surface area contributed by atoms with Gasteiger partial charge in [0.05, 0.1) is 0 Å². The summed E-state index contributed by atoms with van der Waals surface area (Å²) in [6, 6.07) is 8.56. The van der Waals surface area contributed by atoms with Gasteiger partial charge in [0.1, 0.15) is 17.1 Å². The van der Waals surface area contributed by atoms with Gasteiger partial charge in [0.2, 0.25) is 5.91 Å². The molecule has 2 heterocycles. The van der Waals surface area contributed by atoms with Gasteiger partial charge in [0.25, 0.3) is 5.91 Å². The molecule has 3 rings (SSSR count). The fraction of sp³-hybridized carbons (Fsp3) is 0.316. The Hall–Kier alpha value is -3.09. The summed E-state index contributed by atoms with van der Waals surface area (Å²) in [5, 5.41) is 2.65. The smallest absolute Gasteiger partial charge is 0.342 e. The van der Waals surface area contributed by atoms with E-state index >= 15 is 0 Å². The summed E-state index contributed by atoms with van der Waals surface area (Å²) in [6.45, 7) is 3.72. The molecule has 0 bridgehead atoms. The van der Waals surface area contributed by atoms with Gasteiger partial charge in [-0.05, 0) is 50.6 Å². The van der Waals surface area contributed by atoms with Gasteiger partial charge in [-0.3, -0.25) is 9.59 Å². The molecule has 2 aromatic rings. The van der Waals surface area contributed by atoms with Crippen LogP contribution in [0.3, 0.4) is 0 Å². The maximum Gasteiger partial charge on any atom is 0.342 e. The number of anilines is 2. The highest BCUT2D eigenvalue weighted by atomic mass is 16.5. The summed E-state index contributed by atoms with van der Waals surface area (Å²) in [5.74, 6) is 0.132. The minimum Gasteiger partial charge on any atom is -0.466 e. The summed E-state index contributed by atoms with van der Waals surface area (Å²) in [5.41, 5.74) is 1.69. The Bertz CT molecular complexity index is 838. The third-order valence-electron chi connectivity index (χ3n) is 4.13. The number of aryl methyl sites for hydroxylation is 2. The zero-order valence-corrected chi connectivity index (χ0v) is 14.7. The van der Waals surface area contributed by atoms with Crippen molar-refractivity contribution < 1.29 is 23.5 Å². The molecule has 0 saturated carbocycles. The van der Waals surface area contributed by atoms with E-state index in [4.69, 9.17) is 9.15 Å². The third kappa shape index (κ3) is 3.93. The zero-order chi connectivity index (χ0) is 18.7. The third-order valence-corrected chi connectivity index (χ3v) is 4.13. The number of rotatable bonds is 5. The van der Waals surface area contributed by atoms with Gasteiger partial charge in [-0.25, -0.2) is 4.79 Å². The maximum absolute atomic E-state index is 12.0. The van der Waals surface area contributed by atoms with E-state index in [1.54, 1.807) is 49.1 Å². The number of carbonyl (C=O) groups excluding carboxylic acids is 3. The van der Waals surface area contributed by atoms with E-state index in [0.717, 1.165) is 12.1 Å². The molecule has 0 radical (unpaired) electrons. The first-order valence-electron chi connectivity index (χ1n) is 8.38. The zero-order valence-electron chi connectivity index (χ0n) is 14.7. The summed E-state index contributed by atoms with van der Waals surface area (Å²) in [7, 11) is 0. The van der Waals surface area contributed by atoms with Crippen LogP contribution in [-0.2, 0) is 14.3 Å². The molecule has 1 fully saturated rings. The number of hydrogen-bond donors (Lipinski definition) is 1. The van der Waals surface area contributed by atoms with Crippen molar-refractivity contribution in [3.8, 4) is 0 Å². The van der Waals surface area contributed by atoms with Gasteiger partial charge in [-0.15, -0.1) is 0 Å². The van der Waals surface area contributed by atoms with E-state index in [1.165, 1.54) is 0 Å². The Labute approximate surface area is 150 Å². The van der Waals surface area contributed by atoms with Crippen molar-refractivity contribution in [3.63, 3.8) is 0 Å². The van der Waals surface area contributed by atoms with Crippen molar-refractivity contribution in [2.45, 2.75) is 26.7 Å². The normalized spacial score (nSPS) is 13.8. The fourth-order valence-corrected chi connectivity index (χ4v) is 2.89. The van der Waals surface area contributed by atoms with Gasteiger partial charge in [0, 0.05) is 24.3 Å². The van der Waals surface area contributed by atoms with E-state index in [1.807, 2.05) is 0 Å². The number of carbonyl (C=O) groups is 3. The first-order valence-corrected chi connectivity index (χ1v) is 8.38. The molecule has 136 valence electrons. The van der Waals surface area contributed by atoms with Crippen LogP contribution in [0, 0.1) is 13.8 Å². The van der Waals surface area contributed by atoms with Gasteiger partial charge >= 0.3 is 5.97 Å². The van der Waals surface area contributed by atoms with Gasteiger partial charge in [-0.1, -0.05) is 0 Å². The van der Waals surface area contributed by atoms with E-state index in [9.17, 15) is 14.4 Å². The van der Waals surface area contributed by atoms with Crippen LogP contribution in [0.4, 0.5) is 11.4 Å². The van der Waals surface area contributed by atoms with Crippen molar-refractivity contribution in [2.75, 3.05) is 23.4 Å². The standard InChI is InChI=1S/C19H20N2O5/c1-12-10-16(13(2)26-12)19(24)25-11-17(22)20-14-5-7-15(8-6-14)21-9-3-4-18(21)23/h5-8,10H,3-4,9,11H2,1-2H3,(H,20,22). The van der Waals surface area contributed by atoms with Crippen molar-refractivity contribution in [1.29, 1.82) is 0 Å². The fourth-order valence-electron chi connectivity index (χ4n) is 2.89. The lowest BCUT2D eigenvalue weighted by atomic mass is 10.2. The number of nitrogens with one attached hydrogen (secondary N) is 1. The second-order valence-corrected chi connectivity index (χ2v) is 6.15. The highest BCUT2D eigenvalue weighted by Gasteiger charge is 2.21. The van der Waals surface area contributed by atoms with Crippen LogP contribution in [-0.4, -0.2) is 30.9 Å². The molecule has 1 aromatic heterocycles. The Morgan fingerprint density at radius 3 is 2.54 bits per heavy atom. The number of furan rings is 1. The van der Waals surface area contributed by atoms with Crippen molar-refractivity contribution in [1.82, 2.24) is 0 Å². The first-order chi connectivity index (χ1) is 12.4. The molecule has 1 N–H and O–H groups in total. The molecule has 0 aliphatic carbocycles. The number of nitrogens with zero attached hydrogens (tertiary/aromatic N) is 1. The molecule has 1 aromatic carbocycles. The van der Waals surface area contributed by atoms with Gasteiger partial charge in [0.15, 0.2) is 6.61 Å². The Morgan fingerprint density at radius 2 is 1.96 bits per heavy atom. The number of ether oxygens (including phenoxy) is 1. The molecule has 0 unspecified atom stereocenters. The van der Waals surface area contributed by atoms with Crippen LogP contribution < -0.4 is 10.2 Å². The topological polar surface area (TPSA) is 88.9 Å². The summed E-state index contributed by atoms with van der Waals surface area (Å²) >= 11 is 0. The molecule has 7 nitrogen and oxygen atoms in total. The SMILES string of the molecule is Cc1cc(C(=O)OCC(=O)Nc2ccc(N3CCCC3=O)cc2)c(C)o1. The highest BCUT2D eigenvalue weighted by Crippen LogP contribution is 2.23. The minimum atomic E-state index is -0.600. The maximum atomic E-state index is 12.0. The molecular formula is C19H20N2O5.